The molecule has 0 fully saturated rings. The normalized spacial score (nSPS) is 12.6. The van der Waals surface area contributed by atoms with Crippen LogP contribution < -0.4 is 14.4 Å². The molecule has 45 heavy (non-hydrogen) atoms. The summed E-state index contributed by atoms with van der Waals surface area (Å²) in [4.78, 5) is 39.8. The summed E-state index contributed by atoms with van der Waals surface area (Å²) in [5, 5.41) is 14.8. The van der Waals surface area contributed by atoms with E-state index in [1.54, 1.807) is 6.92 Å². The molecule has 13 heteroatoms. The highest BCUT2D eigenvalue weighted by Gasteiger charge is 2.36. The number of hydrogen-bond donors (Lipinski definition) is 1. The predicted molar refractivity (Wildman–Crippen MR) is 174 cm³/mol. The number of anilines is 1. The molecule has 2 amide bonds. The molecule has 11 nitrogen and oxygen atoms in total. The summed E-state index contributed by atoms with van der Waals surface area (Å²) in [6.45, 7) is 8.23. The molecule has 0 heterocycles. The highest BCUT2D eigenvalue weighted by atomic mass is 35.5. The molecule has 242 valence electrons. The van der Waals surface area contributed by atoms with Gasteiger partial charge in [0.05, 0.1) is 22.6 Å². The van der Waals surface area contributed by atoms with E-state index in [2.05, 4.69) is 5.32 Å². The van der Waals surface area contributed by atoms with Gasteiger partial charge in [-0.2, -0.15) is 0 Å². The third-order valence-electron chi connectivity index (χ3n) is 7.64. The maximum Gasteiger partial charge on any atom is 0.273 e. The van der Waals surface area contributed by atoms with Crippen LogP contribution >= 0.6 is 11.6 Å². The lowest BCUT2D eigenvalue weighted by atomic mass is 10.1. The molecule has 0 spiro atoms. The fourth-order valence-corrected chi connectivity index (χ4v) is 6.38. The van der Waals surface area contributed by atoms with Gasteiger partial charge in [0.2, 0.25) is 11.8 Å². The number of benzene rings is 3. The second-order valence-corrected chi connectivity index (χ2v) is 13.0. The average molecular weight is 659 g/mol. The summed E-state index contributed by atoms with van der Waals surface area (Å²) in [6, 6.07) is 14.2. The third kappa shape index (κ3) is 8.31. The number of nitro benzene ring substituents is 1. The second-order valence-electron chi connectivity index (χ2n) is 10.7. The molecule has 3 aromatic rings. The molecule has 0 aromatic heterocycles. The van der Waals surface area contributed by atoms with Crippen LogP contribution in [-0.2, 0) is 26.2 Å². The SMILES string of the molecule is CC[C@@H](C)NC(=O)[C@H](CC)N(Cc1ccccc1C)C(=O)CN(c1cc(Cl)ccc1OC)S(=O)(=O)c1ccc(C)c([N+](=O)[O-])c1. The Kier molecular flexibility index (Phi) is 11.9. The van der Waals surface area contributed by atoms with Gasteiger partial charge in [-0.1, -0.05) is 55.8 Å². The lowest BCUT2D eigenvalue weighted by molar-refractivity contribution is -0.385. The van der Waals surface area contributed by atoms with Gasteiger partial charge >= 0.3 is 0 Å². The van der Waals surface area contributed by atoms with Crippen LogP contribution in [0, 0.1) is 24.0 Å². The number of carbonyl (C=O) groups excluding carboxylic acids is 2. The monoisotopic (exact) mass is 658 g/mol. The van der Waals surface area contributed by atoms with Crippen LogP contribution in [0.2, 0.25) is 5.02 Å². The van der Waals surface area contributed by atoms with E-state index in [1.807, 2.05) is 45.0 Å². The maximum atomic E-state index is 14.4. The molecule has 0 aliphatic rings. The molecule has 0 saturated heterocycles. The number of rotatable bonds is 14. The van der Waals surface area contributed by atoms with Crippen molar-refractivity contribution < 1.29 is 27.7 Å². The molecule has 2 atom stereocenters. The first kappa shape index (κ1) is 35.3. The van der Waals surface area contributed by atoms with Crippen molar-refractivity contribution in [1.29, 1.82) is 0 Å². The Balaban J connectivity index is 2.20. The van der Waals surface area contributed by atoms with Crippen molar-refractivity contribution in [2.24, 2.45) is 0 Å². The van der Waals surface area contributed by atoms with Crippen molar-refractivity contribution in [3.63, 3.8) is 0 Å². The van der Waals surface area contributed by atoms with Gasteiger partial charge in [-0.3, -0.25) is 24.0 Å². The fraction of sp³-hybridized carbons (Fsp3) is 0.375. The van der Waals surface area contributed by atoms with Crippen LogP contribution in [0.4, 0.5) is 11.4 Å². The lowest BCUT2D eigenvalue weighted by Gasteiger charge is -2.34. The Morgan fingerprint density at radius 3 is 2.31 bits per heavy atom. The van der Waals surface area contributed by atoms with Crippen molar-refractivity contribution in [1.82, 2.24) is 10.2 Å². The molecule has 1 N–H and O–H groups in total. The summed E-state index contributed by atoms with van der Waals surface area (Å²) in [6.07, 6.45) is 0.939. The van der Waals surface area contributed by atoms with Crippen LogP contribution in [0.5, 0.6) is 5.75 Å². The third-order valence-corrected chi connectivity index (χ3v) is 9.63. The van der Waals surface area contributed by atoms with Gasteiger partial charge in [0, 0.05) is 29.2 Å². The number of sulfonamides is 1. The van der Waals surface area contributed by atoms with Crippen LogP contribution in [0.25, 0.3) is 0 Å². The maximum absolute atomic E-state index is 14.4. The fourth-order valence-electron chi connectivity index (χ4n) is 4.78. The van der Waals surface area contributed by atoms with Crippen molar-refractivity contribution in [2.75, 3.05) is 18.0 Å². The summed E-state index contributed by atoms with van der Waals surface area (Å²) in [5.74, 6) is -0.932. The number of nitro groups is 1. The van der Waals surface area contributed by atoms with Gasteiger partial charge in [-0.05, 0) is 69.0 Å². The van der Waals surface area contributed by atoms with Gasteiger partial charge in [0.25, 0.3) is 15.7 Å². The van der Waals surface area contributed by atoms with Crippen LogP contribution in [0.15, 0.2) is 65.6 Å². The average Bonchev–Trinajstić information content (AvgIpc) is 3.00. The first-order valence-electron chi connectivity index (χ1n) is 14.5. The van der Waals surface area contributed by atoms with Crippen molar-refractivity contribution in [2.45, 2.75) is 71.0 Å². The van der Waals surface area contributed by atoms with Crippen LogP contribution in [0.1, 0.15) is 50.3 Å². The molecule has 0 saturated carbocycles. The summed E-state index contributed by atoms with van der Waals surface area (Å²) < 4.78 is 34.8. The van der Waals surface area contributed by atoms with Crippen molar-refractivity contribution in [3.8, 4) is 5.75 Å². The minimum absolute atomic E-state index is 0.0362. The smallest absolute Gasteiger partial charge is 0.273 e. The lowest BCUT2D eigenvalue weighted by Crippen LogP contribution is -2.53. The molecule has 0 aliphatic carbocycles. The molecule has 0 unspecified atom stereocenters. The zero-order chi connectivity index (χ0) is 33.5. The second kappa shape index (κ2) is 15.2. The Labute approximate surface area is 269 Å². The zero-order valence-electron chi connectivity index (χ0n) is 26.2. The molecular weight excluding hydrogens is 620 g/mol. The van der Waals surface area contributed by atoms with Gasteiger partial charge in [-0.15, -0.1) is 0 Å². The number of aryl methyl sites for hydroxylation is 2. The van der Waals surface area contributed by atoms with E-state index in [0.717, 1.165) is 21.5 Å². The highest BCUT2D eigenvalue weighted by Crippen LogP contribution is 2.36. The molecule has 3 rings (SSSR count). The first-order valence-corrected chi connectivity index (χ1v) is 16.3. The highest BCUT2D eigenvalue weighted by molar-refractivity contribution is 7.92. The van der Waals surface area contributed by atoms with Gasteiger partial charge in [0.15, 0.2) is 0 Å². The van der Waals surface area contributed by atoms with E-state index in [-0.39, 0.29) is 46.9 Å². The molecule has 3 aromatic carbocycles. The summed E-state index contributed by atoms with van der Waals surface area (Å²) in [7, 11) is -3.28. The quantitative estimate of drug-likeness (QED) is 0.171. The van der Waals surface area contributed by atoms with E-state index in [9.17, 15) is 28.1 Å². The number of ether oxygens (including phenoxy) is 1. The number of nitrogens with one attached hydrogen (secondary N) is 1. The number of nitrogens with zero attached hydrogens (tertiary/aromatic N) is 3. The minimum atomic E-state index is -4.62. The van der Waals surface area contributed by atoms with Gasteiger partial charge in [0.1, 0.15) is 18.3 Å². The van der Waals surface area contributed by atoms with Crippen LogP contribution in [0.3, 0.4) is 0 Å². The minimum Gasteiger partial charge on any atom is -0.495 e. The Bertz CT molecular complexity index is 1660. The van der Waals surface area contributed by atoms with Crippen LogP contribution in [-0.4, -0.2) is 55.8 Å². The Morgan fingerprint density at radius 2 is 1.71 bits per heavy atom. The standard InChI is InChI=1S/C32H39ClN4O7S/c1-7-23(5)34-32(39)27(8-2)35(19-24-12-10-9-11-21(24)3)31(38)20-36(29-17-25(33)14-16-30(29)44-6)45(42,43)26-15-13-22(4)28(18-26)37(40)41/h9-18,23,27H,7-8,19-20H2,1-6H3,(H,34,39)/t23-,27+/m1/s1. The summed E-state index contributed by atoms with van der Waals surface area (Å²) in [5.41, 5.74) is 1.50. The summed E-state index contributed by atoms with van der Waals surface area (Å²) >= 11 is 6.29. The van der Waals surface area contributed by atoms with Crippen molar-refractivity contribution >= 4 is 44.8 Å². The van der Waals surface area contributed by atoms with E-state index in [0.29, 0.717) is 6.42 Å². The Hall–Kier alpha value is -4.16. The topological polar surface area (TPSA) is 139 Å². The Morgan fingerprint density at radius 1 is 1.02 bits per heavy atom. The first-order chi connectivity index (χ1) is 21.2. The number of carbonyl (C=O) groups is 2. The van der Waals surface area contributed by atoms with E-state index < -0.39 is 44.0 Å². The van der Waals surface area contributed by atoms with E-state index in [4.69, 9.17) is 16.3 Å². The molecular formula is C32H39ClN4O7S. The van der Waals surface area contributed by atoms with Gasteiger partial charge in [-0.25, -0.2) is 8.42 Å². The molecule has 0 radical (unpaired) electrons. The van der Waals surface area contributed by atoms with E-state index >= 15 is 0 Å². The number of amides is 2. The zero-order valence-corrected chi connectivity index (χ0v) is 27.8. The van der Waals surface area contributed by atoms with E-state index in [1.165, 1.54) is 49.3 Å². The number of hydrogen-bond acceptors (Lipinski definition) is 7. The largest absolute Gasteiger partial charge is 0.495 e. The number of halogens is 1. The predicted octanol–water partition coefficient (Wildman–Crippen LogP) is 5.79. The molecule has 0 aliphatic heterocycles. The molecule has 0 bridgehead atoms. The number of methoxy groups -OCH3 is 1. The van der Waals surface area contributed by atoms with Crippen molar-refractivity contribution in [3.05, 3.63) is 92.5 Å². The van der Waals surface area contributed by atoms with Gasteiger partial charge < -0.3 is 15.0 Å².